The van der Waals surface area contributed by atoms with Crippen LogP contribution in [0.5, 0.6) is 0 Å². The van der Waals surface area contributed by atoms with Crippen molar-refractivity contribution >= 4 is 11.8 Å². The molecule has 16 heavy (non-hydrogen) atoms. The zero-order valence-electron chi connectivity index (χ0n) is 8.74. The molecule has 92 valence electrons. The summed E-state index contributed by atoms with van der Waals surface area (Å²) in [5.74, 6) is -0.741. The standard InChI is InChI=1S/2C4H8N2O2/c2*5-3-1-2-6(8)4(3)7/h2*3,8H,1-2,5H2/t2*3-/m00/s1. The van der Waals surface area contributed by atoms with Gasteiger partial charge < -0.3 is 11.5 Å². The Hall–Kier alpha value is -1.22. The lowest BCUT2D eigenvalue weighted by molar-refractivity contribution is -0.158. The smallest absolute Gasteiger partial charge is 0.262 e. The maximum atomic E-state index is 10.5. The molecule has 6 N–H and O–H groups in total. The lowest BCUT2D eigenvalue weighted by Crippen LogP contribution is -2.31. The van der Waals surface area contributed by atoms with E-state index in [-0.39, 0.29) is 11.8 Å². The van der Waals surface area contributed by atoms with Gasteiger partial charge in [0.25, 0.3) is 11.8 Å². The number of nitrogens with two attached hydrogens (primary N) is 2. The average Bonchev–Trinajstić information content (AvgIpc) is 2.70. The fraction of sp³-hybridized carbons (Fsp3) is 0.750. The van der Waals surface area contributed by atoms with Crippen molar-refractivity contribution in [3.05, 3.63) is 0 Å². The molecular formula is C8H16N4O4. The Morgan fingerprint density at radius 1 is 0.938 bits per heavy atom. The van der Waals surface area contributed by atoms with E-state index in [1.807, 2.05) is 0 Å². The molecule has 0 aliphatic carbocycles. The largest absolute Gasteiger partial charge is 0.320 e. The van der Waals surface area contributed by atoms with Gasteiger partial charge in [-0.05, 0) is 12.8 Å². The van der Waals surface area contributed by atoms with Gasteiger partial charge in [-0.1, -0.05) is 0 Å². The van der Waals surface area contributed by atoms with E-state index in [1.54, 1.807) is 0 Å². The Morgan fingerprint density at radius 2 is 1.25 bits per heavy atom. The molecule has 0 unspecified atom stereocenters. The average molecular weight is 232 g/mol. The minimum absolute atomic E-state index is 0.370. The molecule has 0 aromatic rings. The summed E-state index contributed by atoms with van der Waals surface area (Å²) < 4.78 is 0. The van der Waals surface area contributed by atoms with E-state index in [2.05, 4.69) is 0 Å². The second-order valence-corrected chi connectivity index (χ2v) is 3.71. The van der Waals surface area contributed by atoms with Crippen LogP contribution in [-0.4, -0.2) is 57.5 Å². The second-order valence-electron chi connectivity index (χ2n) is 3.71. The van der Waals surface area contributed by atoms with Gasteiger partial charge in [0.2, 0.25) is 0 Å². The van der Waals surface area contributed by atoms with Gasteiger partial charge in [-0.3, -0.25) is 20.0 Å². The first-order valence-electron chi connectivity index (χ1n) is 4.95. The number of rotatable bonds is 0. The SMILES string of the molecule is N[C@H]1CCN(O)C1=O.N[C@H]1CCN(O)C1=O. The fourth-order valence-corrected chi connectivity index (χ4v) is 1.37. The molecule has 8 nitrogen and oxygen atoms in total. The summed E-state index contributed by atoms with van der Waals surface area (Å²) in [4.78, 5) is 20.9. The molecule has 2 aliphatic heterocycles. The van der Waals surface area contributed by atoms with Crippen LogP contribution < -0.4 is 11.5 Å². The second kappa shape index (κ2) is 5.21. The molecule has 0 spiro atoms. The predicted molar refractivity (Wildman–Crippen MR) is 52.2 cm³/mol. The normalized spacial score (nSPS) is 29.5. The van der Waals surface area contributed by atoms with Gasteiger partial charge in [-0.25, -0.2) is 10.1 Å². The molecule has 2 heterocycles. The molecule has 0 bridgehead atoms. The van der Waals surface area contributed by atoms with Gasteiger partial charge in [0.15, 0.2) is 0 Å². The van der Waals surface area contributed by atoms with Gasteiger partial charge in [0.05, 0.1) is 25.2 Å². The van der Waals surface area contributed by atoms with Crippen molar-refractivity contribution in [2.45, 2.75) is 24.9 Å². The molecule has 2 rings (SSSR count). The first kappa shape index (κ1) is 12.8. The first-order valence-corrected chi connectivity index (χ1v) is 4.95. The quantitative estimate of drug-likeness (QED) is 0.352. The van der Waals surface area contributed by atoms with Gasteiger partial charge in [0.1, 0.15) is 0 Å². The summed E-state index contributed by atoms with van der Waals surface area (Å²) >= 11 is 0. The van der Waals surface area contributed by atoms with Crippen molar-refractivity contribution < 1.29 is 20.0 Å². The maximum Gasteiger partial charge on any atom is 0.262 e. The van der Waals surface area contributed by atoms with Crippen molar-refractivity contribution in [1.29, 1.82) is 0 Å². The molecule has 8 heteroatoms. The molecule has 0 radical (unpaired) electrons. The molecule has 2 atom stereocenters. The van der Waals surface area contributed by atoms with E-state index >= 15 is 0 Å². The van der Waals surface area contributed by atoms with Crippen molar-refractivity contribution in [2.75, 3.05) is 13.1 Å². The zero-order valence-corrected chi connectivity index (χ0v) is 8.74. The van der Waals surface area contributed by atoms with Crippen LogP contribution in [0.3, 0.4) is 0 Å². The molecule has 2 aliphatic rings. The summed E-state index contributed by atoms with van der Waals surface area (Å²) in [6.07, 6.45) is 1.13. The number of amides is 2. The summed E-state index contributed by atoms with van der Waals surface area (Å²) in [5.41, 5.74) is 10.4. The third-order valence-electron chi connectivity index (χ3n) is 2.45. The molecule has 2 amide bonds. The van der Waals surface area contributed by atoms with E-state index in [9.17, 15) is 9.59 Å². The van der Waals surface area contributed by atoms with Crippen LogP contribution in [0.15, 0.2) is 0 Å². The first-order chi connectivity index (χ1) is 7.43. The Kier molecular flexibility index (Phi) is 4.19. The van der Waals surface area contributed by atoms with E-state index in [0.717, 1.165) is 0 Å². The topological polar surface area (TPSA) is 133 Å². The summed E-state index contributed by atoms with van der Waals surface area (Å²) in [5, 5.41) is 18.5. The number of hydroxylamine groups is 4. The van der Waals surface area contributed by atoms with Crippen LogP contribution in [0.4, 0.5) is 0 Å². The highest BCUT2D eigenvalue weighted by Gasteiger charge is 2.27. The summed E-state index contributed by atoms with van der Waals surface area (Å²) in [6, 6.07) is -0.944. The van der Waals surface area contributed by atoms with E-state index < -0.39 is 12.1 Å². The minimum Gasteiger partial charge on any atom is -0.320 e. The van der Waals surface area contributed by atoms with Gasteiger partial charge in [0, 0.05) is 0 Å². The third kappa shape index (κ3) is 2.89. The Morgan fingerprint density at radius 3 is 1.31 bits per heavy atom. The van der Waals surface area contributed by atoms with Crippen LogP contribution in [0.1, 0.15) is 12.8 Å². The molecule has 2 saturated heterocycles. The highest BCUT2D eigenvalue weighted by atomic mass is 16.5. The summed E-state index contributed by atoms with van der Waals surface area (Å²) in [7, 11) is 0. The summed E-state index contributed by atoms with van der Waals surface area (Å²) in [6.45, 7) is 0.750. The monoisotopic (exact) mass is 232 g/mol. The van der Waals surface area contributed by atoms with Gasteiger partial charge >= 0.3 is 0 Å². The molecule has 0 aromatic heterocycles. The number of carbonyl (C=O) groups is 2. The Balaban J connectivity index is 0.000000160. The van der Waals surface area contributed by atoms with Crippen molar-refractivity contribution in [3.8, 4) is 0 Å². The van der Waals surface area contributed by atoms with Crippen molar-refractivity contribution in [3.63, 3.8) is 0 Å². The highest BCUT2D eigenvalue weighted by molar-refractivity contribution is 5.82. The van der Waals surface area contributed by atoms with E-state index in [4.69, 9.17) is 21.9 Å². The molecular weight excluding hydrogens is 216 g/mol. The number of nitrogens with zero attached hydrogens (tertiary/aromatic N) is 2. The van der Waals surface area contributed by atoms with Gasteiger partial charge in [-0.15, -0.1) is 0 Å². The highest BCUT2D eigenvalue weighted by Crippen LogP contribution is 2.04. The number of hydrogen-bond donors (Lipinski definition) is 4. The predicted octanol–water partition coefficient (Wildman–Crippen LogP) is -2.13. The van der Waals surface area contributed by atoms with Crippen molar-refractivity contribution in [1.82, 2.24) is 10.1 Å². The zero-order chi connectivity index (χ0) is 12.3. The molecule has 0 saturated carbocycles. The van der Waals surface area contributed by atoms with Gasteiger partial charge in [-0.2, -0.15) is 0 Å². The number of carbonyl (C=O) groups excluding carboxylic acids is 2. The van der Waals surface area contributed by atoms with E-state index in [1.165, 1.54) is 0 Å². The Bertz CT molecular complexity index is 233. The van der Waals surface area contributed by atoms with Crippen LogP contribution in [-0.2, 0) is 9.59 Å². The Labute approximate surface area is 92.3 Å². The minimum atomic E-state index is -0.472. The lowest BCUT2D eigenvalue weighted by atomic mass is 10.3. The third-order valence-corrected chi connectivity index (χ3v) is 2.45. The molecule has 2 fully saturated rings. The lowest BCUT2D eigenvalue weighted by Gasteiger charge is -2.02. The van der Waals surface area contributed by atoms with Crippen LogP contribution >= 0.6 is 0 Å². The fourth-order valence-electron chi connectivity index (χ4n) is 1.37. The van der Waals surface area contributed by atoms with Crippen molar-refractivity contribution in [2.24, 2.45) is 11.5 Å². The van der Waals surface area contributed by atoms with Crippen LogP contribution in [0.2, 0.25) is 0 Å². The maximum absolute atomic E-state index is 10.5. The number of hydrogen-bond acceptors (Lipinski definition) is 6. The van der Waals surface area contributed by atoms with Crippen LogP contribution in [0, 0.1) is 0 Å². The van der Waals surface area contributed by atoms with E-state index in [0.29, 0.717) is 36.1 Å². The molecule has 0 aromatic carbocycles. The van der Waals surface area contributed by atoms with Crippen LogP contribution in [0.25, 0.3) is 0 Å².